The highest BCUT2D eigenvalue weighted by atomic mass is 15.1. The van der Waals surface area contributed by atoms with Crippen molar-refractivity contribution in [1.82, 2.24) is 0 Å². The van der Waals surface area contributed by atoms with Crippen LogP contribution in [0.4, 0.5) is 34.1 Å². The third kappa shape index (κ3) is 19.2. The fourth-order valence-corrected chi connectivity index (χ4v) is 19.5. The van der Waals surface area contributed by atoms with Gasteiger partial charge in [0.25, 0.3) is 0 Å². The van der Waals surface area contributed by atoms with Crippen molar-refractivity contribution in [3.8, 4) is 44.5 Å². The van der Waals surface area contributed by atoms with Gasteiger partial charge in [-0.25, -0.2) is 0 Å². The van der Waals surface area contributed by atoms with E-state index in [0.717, 1.165) is 25.7 Å². The maximum atomic E-state index is 2.82. The van der Waals surface area contributed by atoms with Crippen LogP contribution in [0.2, 0.25) is 0 Å². The van der Waals surface area contributed by atoms with Crippen molar-refractivity contribution < 1.29 is 0 Å². The fourth-order valence-electron chi connectivity index (χ4n) is 19.5. The molecule has 2 heteroatoms. The maximum absolute atomic E-state index is 2.82. The normalized spacial score (nSPS) is 13.1. The molecule has 10 aromatic rings. The number of unbranched alkanes of at least 4 members (excludes halogenated alkanes) is 26. The molecule has 0 fully saturated rings. The number of anilines is 6. The van der Waals surface area contributed by atoms with Gasteiger partial charge in [0.15, 0.2) is 0 Å². The summed E-state index contributed by atoms with van der Waals surface area (Å²) in [5.41, 5.74) is 33.2. The minimum absolute atomic E-state index is 0.0186. The first-order valence-corrected chi connectivity index (χ1v) is 45.0. The van der Waals surface area contributed by atoms with Crippen molar-refractivity contribution in [2.75, 3.05) is 9.80 Å². The molecule has 0 unspecified atom stereocenters. The van der Waals surface area contributed by atoms with Crippen LogP contribution in [0.3, 0.4) is 0 Å². The number of nitrogens with zero attached hydrogens (tertiary/aromatic N) is 2. The summed E-state index contributed by atoms with van der Waals surface area (Å²) < 4.78 is 0. The average Bonchev–Trinajstić information content (AvgIpc) is 1.53. The topological polar surface area (TPSA) is 6.48 Å². The lowest BCUT2D eigenvalue weighted by Crippen LogP contribution is -2.26. The van der Waals surface area contributed by atoms with Gasteiger partial charge in [0.2, 0.25) is 0 Å². The first-order valence-electron chi connectivity index (χ1n) is 45.0. The SMILES string of the molecule is CCCCCCCCC1(CCCCCCCC)c2cc(N(c3ccc(C)cc3)c3ccc(C)cc3)ccc2-c2ccc(N(c3ccc(C)cc3)c3ccc(-c4cc(CCCCCC)c(-c5cc6c(c7ccccc57)-c5ccc(C)cc5C6(CCCCCCCC)CCCCCCCC)cc4CCCCCC)cc3)cc21. The molecule has 580 valence electrons. The van der Waals surface area contributed by atoms with Gasteiger partial charge >= 0.3 is 0 Å². The summed E-state index contributed by atoms with van der Waals surface area (Å²) >= 11 is 0. The zero-order chi connectivity index (χ0) is 76.7. The molecule has 0 radical (unpaired) electrons. The third-order valence-electron chi connectivity index (χ3n) is 25.7. The highest BCUT2D eigenvalue weighted by Gasteiger charge is 2.45. The number of fused-ring (bicyclic) bond motifs is 8. The molecule has 0 heterocycles. The molecule has 2 nitrogen and oxygen atoms in total. The second-order valence-electron chi connectivity index (χ2n) is 34.1. The largest absolute Gasteiger partial charge is 0.310 e. The van der Waals surface area contributed by atoms with E-state index in [-0.39, 0.29) is 10.8 Å². The predicted octanol–water partition coefficient (Wildman–Crippen LogP) is 34.1. The van der Waals surface area contributed by atoms with Crippen molar-refractivity contribution in [3.63, 3.8) is 0 Å². The molecule has 0 amide bonds. The molecule has 10 aromatic carbocycles. The van der Waals surface area contributed by atoms with E-state index in [2.05, 4.69) is 273 Å². The molecule has 0 saturated heterocycles. The molecule has 2 aliphatic carbocycles. The smallest absolute Gasteiger partial charge is 0.0465 e. The van der Waals surface area contributed by atoms with Crippen LogP contribution in [0.1, 0.15) is 328 Å². The number of aryl methyl sites for hydroxylation is 6. The van der Waals surface area contributed by atoms with Gasteiger partial charge in [-0.1, -0.05) is 372 Å². The lowest BCUT2D eigenvalue weighted by atomic mass is 9.69. The molecule has 0 N–H and O–H groups in total. The van der Waals surface area contributed by atoms with Crippen molar-refractivity contribution in [3.05, 3.63) is 250 Å². The molecule has 0 bridgehead atoms. The van der Waals surface area contributed by atoms with Crippen LogP contribution >= 0.6 is 0 Å². The van der Waals surface area contributed by atoms with Crippen LogP contribution < -0.4 is 9.80 Å². The quantitative estimate of drug-likeness (QED) is 0.0351. The summed E-state index contributed by atoms with van der Waals surface area (Å²) in [5.74, 6) is 0. The van der Waals surface area contributed by atoms with E-state index in [1.165, 1.54) is 352 Å². The molecular formula is C108H138N2. The summed E-state index contributed by atoms with van der Waals surface area (Å²) in [5, 5.41) is 2.86. The lowest BCUT2D eigenvalue weighted by molar-refractivity contribution is 0.398. The van der Waals surface area contributed by atoms with E-state index >= 15 is 0 Å². The average molecular weight is 1460 g/mol. The monoisotopic (exact) mass is 1460 g/mol. The van der Waals surface area contributed by atoms with E-state index in [9.17, 15) is 0 Å². The van der Waals surface area contributed by atoms with Crippen molar-refractivity contribution >= 4 is 44.9 Å². The second kappa shape index (κ2) is 40.5. The van der Waals surface area contributed by atoms with Crippen molar-refractivity contribution in [2.45, 2.75) is 324 Å². The van der Waals surface area contributed by atoms with Crippen LogP contribution in [0.15, 0.2) is 194 Å². The Balaban J connectivity index is 0.992. The van der Waals surface area contributed by atoms with E-state index in [4.69, 9.17) is 0 Å². The Morgan fingerprint density at radius 2 is 0.545 bits per heavy atom. The highest BCUT2D eigenvalue weighted by molar-refractivity contribution is 6.09. The standard InChI is InChI=1S/C108H138N2/c1-11-17-23-29-33-41-71-107(72-42-34-30-24-18-12-2)103-78-92(109(88-58-49-81(7)50-59-88)89-60-51-82(8)52-61-89)66-69-95(103)96-70-67-93(79-104(96)107)110(90-62-53-83(9)54-63-90)91-64-56-85(57-65-91)99-76-87(46-38-28-22-16-6)100(77-86(99)45-37-27-21-15-5)101-80-105-106(97-48-40-39-47-94(97)101)98-68-55-84(10)75-102(98)108(105,73-43-35-31-25-19-13-3)74-44-36-32-26-20-14-4/h39-40,47-70,75-80H,11-38,41-46,71-74H2,1-10H3. The van der Waals surface area contributed by atoms with E-state index in [1.807, 2.05) is 0 Å². The summed E-state index contributed by atoms with van der Waals surface area (Å²) in [6, 6.07) is 78.5. The Kier molecular flexibility index (Phi) is 30.0. The van der Waals surface area contributed by atoms with Crippen LogP contribution in [0.25, 0.3) is 55.3 Å². The van der Waals surface area contributed by atoms with Gasteiger partial charge in [0, 0.05) is 45.0 Å². The second-order valence-corrected chi connectivity index (χ2v) is 34.1. The number of hydrogen-bond acceptors (Lipinski definition) is 2. The molecule has 110 heavy (non-hydrogen) atoms. The predicted molar refractivity (Wildman–Crippen MR) is 483 cm³/mol. The summed E-state index contributed by atoms with van der Waals surface area (Å²) in [4.78, 5) is 5.11. The minimum Gasteiger partial charge on any atom is -0.310 e. The fraction of sp³-hybridized carbons (Fsp3) is 0.463. The Morgan fingerprint density at radius 1 is 0.227 bits per heavy atom. The van der Waals surface area contributed by atoms with E-state index in [0.29, 0.717) is 0 Å². The van der Waals surface area contributed by atoms with Gasteiger partial charge in [0.05, 0.1) is 0 Å². The van der Waals surface area contributed by atoms with Gasteiger partial charge in [-0.15, -0.1) is 0 Å². The van der Waals surface area contributed by atoms with Gasteiger partial charge in [-0.2, -0.15) is 0 Å². The molecule has 2 aliphatic rings. The highest BCUT2D eigenvalue weighted by Crippen LogP contribution is 2.60. The number of benzene rings is 10. The Hall–Kier alpha value is -7.94. The van der Waals surface area contributed by atoms with Gasteiger partial charge in [-0.3, -0.25) is 0 Å². The Bertz CT molecular complexity index is 4430. The van der Waals surface area contributed by atoms with Crippen LogP contribution in [0.5, 0.6) is 0 Å². The minimum atomic E-state index is -0.157. The summed E-state index contributed by atoms with van der Waals surface area (Å²) in [7, 11) is 0. The zero-order valence-electron chi connectivity index (χ0n) is 70.2. The Morgan fingerprint density at radius 3 is 0.964 bits per heavy atom. The van der Waals surface area contributed by atoms with Crippen LogP contribution in [-0.4, -0.2) is 0 Å². The van der Waals surface area contributed by atoms with Gasteiger partial charge in [0.1, 0.15) is 0 Å². The molecular weight excluding hydrogens is 1330 g/mol. The Labute approximate surface area is 668 Å². The first kappa shape index (κ1) is 81.5. The van der Waals surface area contributed by atoms with Crippen LogP contribution in [0, 0.1) is 27.7 Å². The first-order chi connectivity index (χ1) is 54.0. The van der Waals surface area contributed by atoms with Gasteiger partial charge in [-0.05, 0) is 247 Å². The molecule has 12 rings (SSSR count). The van der Waals surface area contributed by atoms with Crippen molar-refractivity contribution in [1.29, 1.82) is 0 Å². The van der Waals surface area contributed by atoms with Crippen LogP contribution in [-0.2, 0) is 23.7 Å². The lowest BCUT2D eigenvalue weighted by Gasteiger charge is -2.35. The maximum Gasteiger partial charge on any atom is 0.0465 e. The number of rotatable bonds is 46. The number of hydrogen-bond donors (Lipinski definition) is 0. The molecule has 0 saturated carbocycles. The third-order valence-corrected chi connectivity index (χ3v) is 25.7. The van der Waals surface area contributed by atoms with Crippen molar-refractivity contribution in [2.24, 2.45) is 0 Å². The van der Waals surface area contributed by atoms with Gasteiger partial charge < -0.3 is 9.80 Å². The van der Waals surface area contributed by atoms with E-state index in [1.54, 1.807) is 11.1 Å². The summed E-state index contributed by atoms with van der Waals surface area (Å²) in [6.07, 6.45) is 48.0. The zero-order valence-corrected chi connectivity index (χ0v) is 70.2. The molecule has 0 aliphatic heterocycles. The van der Waals surface area contributed by atoms with E-state index < -0.39 is 0 Å². The molecule has 0 atom stereocenters. The molecule has 0 spiro atoms. The molecule has 0 aromatic heterocycles. The summed E-state index contributed by atoms with van der Waals surface area (Å²) in [6.45, 7) is 23.1.